The van der Waals surface area contributed by atoms with E-state index in [1.54, 1.807) is 36.4 Å². The minimum atomic E-state index is -0.124. The number of halogens is 3. The molecule has 3 rings (SSSR count). The molecule has 0 atom stereocenters. The van der Waals surface area contributed by atoms with Gasteiger partial charge in [-0.1, -0.05) is 47.8 Å². The molecule has 0 saturated carbocycles. The maximum Gasteiger partial charge on any atom is 0.257 e. The summed E-state index contributed by atoms with van der Waals surface area (Å²) in [4.78, 5) is 0. The average molecular weight is 743 g/mol. The summed E-state index contributed by atoms with van der Waals surface area (Å²) in [5, 5.41) is 47.3. The van der Waals surface area contributed by atoms with Gasteiger partial charge in [0.05, 0.1) is 40.0 Å². The van der Waals surface area contributed by atoms with Gasteiger partial charge in [-0.3, -0.25) is 0 Å². The Morgan fingerprint density at radius 2 is 0.975 bits per heavy atom. The van der Waals surface area contributed by atoms with Crippen molar-refractivity contribution in [3.8, 4) is 34.5 Å². The van der Waals surface area contributed by atoms with E-state index >= 15 is 0 Å². The number of phenols is 3. The molecular weight excluding hydrogens is 720 g/mol. The molecule has 5 N–H and O–H groups in total. The van der Waals surface area contributed by atoms with Crippen molar-refractivity contribution in [1.82, 2.24) is 10.9 Å². The largest absolute Gasteiger partial charge is 0.504 e. The van der Waals surface area contributed by atoms with Crippen LogP contribution < -0.4 is 25.1 Å². The first-order valence-corrected chi connectivity index (χ1v) is 13.4. The summed E-state index contributed by atoms with van der Waals surface area (Å²) in [6, 6.07) is 9.72. The molecule has 40 heavy (non-hydrogen) atoms. The Kier molecular flexibility index (Phi) is 11.2. The highest BCUT2D eigenvalue weighted by atomic mass is 79.9. The summed E-state index contributed by atoms with van der Waals surface area (Å²) in [6.07, 6.45) is 3.97. The predicted molar refractivity (Wildman–Crippen MR) is 164 cm³/mol. The molecule has 0 aliphatic carbocycles. The fraction of sp³-hybridized carbons (Fsp3) is 0.120. The van der Waals surface area contributed by atoms with E-state index in [1.165, 1.54) is 40.0 Å². The monoisotopic (exact) mass is 740 g/mol. The highest BCUT2D eigenvalue weighted by Gasteiger charge is 2.10. The quantitative estimate of drug-likeness (QED) is 0.116. The molecule has 0 unspecified atom stereocenters. The second kappa shape index (κ2) is 14.5. The number of methoxy groups -OCH3 is 3. The normalized spacial score (nSPS) is 11.2. The van der Waals surface area contributed by atoms with Crippen LogP contribution in [0.3, 0.4) is 0 Å². The van der Waals surface area contributed by atoms with E-state index in [1.807, 2.05) is 0 Å². The van der Waals surface area contributed by atoms with Gasteiger partial charge in [-0.15, -0.1) is 5.10 Å². The molecule has 0 radical (unpaired) electrons. The van der Waals surface area contributed by atoms with E-state index in [-0.39, 0.29) is 40.5 Å². The topological polar surface area (TPSA) is 162 Å². The molecule has 3 aromatic rings. The maximum atomic E-state index is 10.4. The van der Waals surface area contributed by atoms with Crippen molar-refractivity contribution in [3.05, 3.63) is 66.5 Å². The van der Waals surface area contributed by atoms with Gasteiger partial charge in [0, 0.05) is 30.1 Å². The van der Waals surface area contributed by atoms with Crippen molar-refractivity contribution in [2.75, 3.05) is 21.3 Å². The summed E-state index contributed by atoms with van der Waals surface area (Å²) in [7, 11) is 4.30. The second-order valence-corrected chi connectivity index (χ2v) is 10.3. The van der Waals surface area contributed by atoms with E-state index in [9.17, 15) is 15.3 Å². The lowest BCUT2D eigenvalue weighted by Gasteiger charge is -2.08. The summed E-state index contributed by atoms with van der Waals surface area (Å²) >= 11 is 10.0. The van der Waals surface area contributed by atoms with Gasteiger partial charge in [-0.05, 0) is 36.4 Å². The van der Waals surface area contributed by atoms with Crippen molar-refractivity contribution < 1.29 is 29.5 Å². The number of aromatic hydroxyl groups is 3. The van der Waals surface area contributed by atoms with Gasteiger partial charge in [0.15, 0.2) is 34.5 Å². The molecule has 15 heteroatoms. The lowest BCUT2D eigenvalue weighted by molar-refractivity contribution is 0.373. The third-order valence-electron chi connectivity index (χ3n) is 4.97. The molecule has 0 amide bonds. The molecule has 0 bridgehead atoms. The lowest BCUT2D eigenvalue weighted by Crippen LogP contribution is -2.30. The van der Waals surface area contributed by atoms with E-state index in [4.69, 9.17) is 14.2 Å². The van der Waals surface area contributed by atoms with Crippen molar-refractivity contribution in [1.29, 1.82) is 0 Å². The first-order valence-electron chi connectivity index (χ1n) is 11.1. The van der Waals surface area contributed by atoms with Crippen molar-refractivity contribution in [3.63, 3.8) is 0 Å². The first-order chi connectivity index (χ1) is 19.2. The molecule has 0 heterocycles. The number of benzene rings is 3. The van der Waals surface area contributed by atoms with E-state index in [0.717, 1.165) is 0 Å². The molecule has 0 fully saturated rings. The van der Waals surface area contributed by atoms with Gasteiger partial charge in [-0.2, -0.15) is 15.3 Å². The van der Waals surface area contributed by atoms with Crippen molar-refractivity contribution >= 4 is 72.4 Å². The molecule has 210 valence electrons. The maximum absolute atomic E-state index is 10.4. The zero-order valence-corrected chi connectivity index (χ0v) is 25.9. The van der Waals surface area contributed by atoms with Gasteiger partial charge < -0.3 is 29.5 Å². The zero-order valence-electron chi connectivity index (χ0n) is 21.2. The Morgan fingerprint density at radius 1 is 0.625 bits per heavy atom. The molecule has 0 spiro atoms. The van der Waals surface area contributed by atoms with E-state index in [0.29, 0.717) is 30.1 Å². The second-order valence-electron chi connectivity index (χ2n) is 7.57. The molecule has 12 nitrogen and oxygen atoms in total. The zero-order chi connectivity index (χ0) is 29.2. The SMILES string of the molecule is COc1cc(Br)cc(C=NN=C(NN=Cc2cc(Br)cc(OC)c2O)NN=Cc2cc(Br)cc(OC)c2O)c1O. The molecule has 0 aliphatic rings. The Balaban J connectivity index is 1.89. The van der Waals surface area contributed by atoms with Crippen LogP contribution in [0.2, 0.25) is 0 Å². The molecule has 3 aromatic carbocycles. The molecule has 0 aliphatic heterocycles. The number of hydrogen-bond donors (Lipinski definition) is 5. The molecular formula is C25H23Br3N6O6. The van der Waals surface area contributed by atoms with E-state index < -0.39 is 0 Å². The highest BCUT2D eigenvalue weighted by Crippen LogP contribution is 2.34. The summed E-state index contributed by atoms with van der Waals surface area (Å²) in [5.41, 5.74) is 6.32. The Hall–Kier alpha value is -3.82. The number of nitrogens with one attached hydrogen (secondary N) is 2. The number of nitrogens with zero attached hydrogens (tertiary/aromatic N) is 4. The van der Waals surface area contributed by atoms with Crippen LogP contribution in [0.15, 0.2) is 70.2 Å². The number of phenolic OH excluding ortho intramolecular Hbond substituents is 3. The number of hydrogen-bond acceptors (Lipinski definition) is 10. The Morgan fingerprint density at radius 3 is 1.32 bits per heavy atom. The minimum absolute atomic E-state index is 0.0481. The summed E-state index contributed by atoms with van der Waals surface area (Å²) in [6.45, 7) is 0. The first kappa shape index (κ1) is 30.7. The Bertz CT molecular complexity index is 1420. The fourth-order valence-corrected chi connectivity index (χ4v) is 4.45. The average Bonchev–Trinajstić information content (AvgIpc) is 2.93. The van der Waals surface area contributed by atoms with Crippen LogP contribution in [0, 0.1) is 0 Å². The predicted octanol–water partition coefficient (Wildman–Crippen LogP) is 5.05. The van der Waals surface area contributed by atoms with Gasteiger partial charge in [-0.25, -0.2) is 10.9 Å². The van der Waals surface area contributed by atoms with Crippen LogP contribution >= 0.6 is 47.8 Å². The third kappa shape index (κ3) is 8.09. The third-order valence-corrected chi connectivity index (χ3v) is 6.34. The molecule has 0 saturated heterocycles. The van der Waals surface area contributed by atoms with Crippen molar-refractivity contribution in [2.45, 2.75) is 0 Å². The summed E-state index contributed by atoms with van der Waals surface area (Å²) < 4.78 is 17.4. The van der Waals surface area contributed by atoms with Gasteiger partial charge in [0.2, 0.25) is 0 Å². The van der Waals surface area contributed by atoms with Crippen molar-refractivity contribution in [2.24, 2.45) is 20.4 Å². The highest BCUT2D eigenvalue weighted by molar-refractivity contribution is 9.11. The standard InChI is InChI=1S/C25H23Br3N6O6/c1-38-19-7-16(26)4-13(22(19)35)10-29-32-25(33-30-11-14-5-17(27)8-20(39-2)23(14)36)34-31-12-15-6-18(28)9-21(40-3)24(15)37/h4-12,35-37H,1-3H3,(H2,32,33,34). The van der Waals surface area contributed by atoms with Crippen LogP contribution in [0.1, 0.15) is 16.7 Å². The smallest absolute Gasteiger partial charge is 0.257 e. The fourth-order valence-electron chi connectivity index (χ4n) is 3.09. The Labute approximate surface area is 254 Å². The number of rotatable bonds is 9. The van der Waals surface area contributed by atoms with Crippen LogP contribution in [0.25, 0.3) is 0 Å². The van der Waals surface area contributed by atoms with Crippen LogP contribution in [0.4, 0.5) is 0 Å². The molecule has 0 aromatic heterocycles. The van der Waals surface area contributed by atoms with Crippen LogP contribution in [-0.4, -0.2) is 61.3 Å². The summed E-state index contributed by atoms with van der Waals surface area (Å²) in [5.74, 6) is 0.360. The number of hydrazone groups is 2. The minimum Gasteiger partial charge on any atom is -0.504 e. The van der Waals surface area contributed by atoms with E-state index in [2.05, 4.69) is 79.0 Å². The number of guanidine groups is 1. The van der Waals surface area contributed by atoms with Gasteiger partial charge in [0.25, 0.3) is 5.96 Å². The van der Waals surface area contributed by atoms with Gasteiger partial charge >= 0.3 is 0 Å². The number of ether oxygens (including phenoxy) is 3. The van der Waals surface area contributed by atoms with Crippen LogP contribution in [0.5, 0.6) is 34.5 Å². The van der Waals surface area contributed by atoms with Crippen LogP contribution in [-0.2, 0) is 0 Å². The van der Waals surface area contributed by atoms with Gasteiger partial charge in [0.1, 0.15) is 0 Å². The lowest BCUT2D eigenvalue weighted by atomic mass is 10.2.